The molecule has 8 nitrogen and oxygen atoms in total. The summed E-state index contributed by atoms with van der Waals surface area (Å²) in [5.74, 6) is 0.880. The van der Waals surface area contributed by atoms with Gasteiger partial charge in [-0.15, -0.1) is 0 Å². The minimum absolute atomic E-state index is 0.0775. The molecule has 0 aliphatic carbocycles. The SMILES string of the molecule is CCOc1nc(Cl)nc(NCCc2ncno2)n1. The summed E-state index contributed by atoms with van der Waals surface area (Å²) in [6, 6.07) is 0.192. The average molecular weight is 271 g/mol. The zero-order chi connectivity index (χ0) is 12.8. The van der Waals surface area contributed by atoms with Crippen LogP contribution in [-0.2, 0) is 6.42 Å². The molecule has 0 saturated heterocycles. The molecule has 0 spiro atoms. The third-order valence-corrected chi connectivity index (χ3v) is 2.06. The standard InChI is InChI=1S/C9H11ClN6O2/c1-2-17-9-15-7(10)14-8(16-9)11-4-3-6-12-5-13-18-6/h5H,2-4H2,1H3,(H,11,14,15,16). The molecule has 0 radical (unpaired) electrons. The summed E-state index contributed by atoms with van der Waals surface area (Å²) in [6.07, 6.45) is 1.91. The Kier molecular flexibility index (Phi) is 4.24. The van der Waals surface area contributed by atoms with Crippen molar-refractivity contribution in [3.8, 4) is 6.01 Å². The van der Waals surface area contributed by atoms with E-state index in [4.69, 9.17) is 20.9 Å². The monoisotopic (exact) mass is 270 g/mol. The molecule has 0 bridgehead atoms. The van der Waals surface area contributed by atoms with Crippen LogP contribution in [0.3, 0.4) is 0 Å². The van der Waals surface area contributed by atoms with Crippen LogP contribution in [0.4, 0.5) is 5.95 Å². The van der Waals surface area contributed by atoms with Crippen LogP contribution < -0.4 is 10.1 Å². The molecule has 2 aromatic heterocycles. The summed E-state index contributed by atoms with van der Waals surface area (Å²) in [5.41, 5.74) is 0. The summed E-state index contributed by atoms with van der Waals surface area (Å²) >= 11 is 5.74. The van der Waals surface area contributed by atoms with Crippen molar-refractivity contribution < 1.29 is 9.26 Å². The first-order valence-electron chi connectivity index (χ1n) is 5.31. The van der Waals surface area contributed by atoms with Gasteiger partial charge in [0, 0.05) is 13.0 Å². The number of halogens is 1. The van der Waals surface area contributed by atoms with Gasteiger partial charge in [0.15, 0.2) is 6.33 Å². The molecule has 2 rings (SSSR count). The summed E-state index contributed by atoms with van der Waals surface area (Å²) in [4.78, 5) is 15.7. The van der Waals surface area contributed by atoms with Crippen LogP contribution in [0.1, 0.15) is 12.8 Å². The number of hydrogen-bond acceptors (Lipinski definition) is 8. The highest BCUT2D eigenvalue weighted by molar-refractivity contribution is 6.28. The minimum Gasteiger partial charge on any atom is -0.464 e. The Morgan fingerprint density at radius 2 is 2.28 bits per heavy atom. The predicted octanol–water partition coefficient (Wildman–Crippen LogP) is 0.961. The maximum absolute atomic E-state index is 5.74. The van der Waals surface area contributed by atoms with E-state index in [0.717, 1.165) is 0 Å². The lowest BCUT2D eigenvalue weighted by atomic mass is 10.4. The number of ether oxygens (including phenoxy) is 1. The molecular formula is C9H11ClN6O2. The second-order valence-electron chi connectivity index (χ2n) is 3.16. The molecule has 9 heteroatoms. The normalized spacial score (nSPS) is 10.3. The second kappa shape index (κ2) is 6.10. The molecule has 0 aliphatic heterocycles. The van der Waals surface area contributed by atoms with E-state index in [0.29, 0.717) is 31.4 Å². The van der Waals surface area contributed by atoms with Crippen molar-refractivity contribution >= 4 is 17.5 Å². The van der Waals surface area contributed by atoms with E-state index in [1.54, 1.807) is 0 Å². The average Bonchev–Trinajstić information content (AvgIpc) is 2.82. The summed E-state index contributed by atoms with van der Waals surface area (Å²) < 4.78 is 10.0. The van der Waals surface area contributed by atoms with Gasteiger partial charge in [0.1, 0.15) is 0 Å². The minimum atomic E-state index is 0.0775. The van der Waals surface area contributed by atoms with Gasteiger partial charge in [-0.3, -0.25) is 0 Å². The van der Waals surface area contributed by atoms with E-state index < -0.39 is 0 Å². The Hall–Kier alpha value is -1.96. The Labute approximate surface area is 108 Å². The van der Waals surface area contributed by atoms with Gasteiger partial charge in [0.05, 0.1) is 6.61 Å². The molecule has 0 saturated carbocycles. The van der Waals surface area contributed by atoms with Gasteiger partial charge >= 0.3 is 6.01 Å². The van der Waals surface area contributed by atoms with Crippen molar-refractivity contribution in [1.82, 2.24) is 25.1 Å². The van der Waals surface area contributed by atoms with Crippen LogP contribution in [-0.4, -0.2) is 38.2 Å². The second-order valence-corrected chi connectivity index (χ2v) is 3.49. The number of rotatable bonds is 6. The van der Waals surface area contributed by atoms with Crippen molar-refractivity contribution in [2.45, 2.75) is 13.3 Å². The van der Waals surface area contributed by atoms with E-state index >= 15 is 0 Å². The van der Waals surface area contributed by atoms with Gasteiger partial charge in [0.25, 0.3) is 0 Å². The van der Waals surface area contributed by atoms with Gasteiger partial charge in [-0.05, 0) is 18.5 Å². The highest BCUT2D eigenvalue weighted by atomic mass is 35.5. The number of hydrogen-bond donors (Lipinski definition) is 1. The topological polar surface area (TPSA) is 98.9 Å². The third-order valence-electron chi connectivity index (χ3n) is 1.89. The van der Waals surface area contributed by atoms with Crippen molar-refractivity contribution in [3.05, 3.63) is 17.5 Å². The molecular weight excluding hydrogens is 260 g/mol. The summed E-state index contributed by atoms with van der Waals surface area (Å²) in [6.45, 7) is 2.83. The molecule has 0 unspecified atom stereocenters. The Morgan fingerprint density at radius 1 is 1.39 bits per heavy atom. The molecule has 0 amide bonds. The number of anilines is 1. The van der Waals surface area contributed by atoms with Gasteiger partial charge in [-0.1, -0.05) is 5.16 Å². The van der Waals surface area contributed by atoms with Crippen LogP contribution in [0.25, 0.3) is 0 Å². The highest BCUT2D eigenvalue weighted by Crippen LogP contribution is 2.11. The molecule has 1 N–H and O–H groups in total. The van der Waals surface area contributed by atoms with E-state index in [1.807, 2.05) is 6.92 Å². The molecule has 2 heterocycles. The first kappa shape index (κ1) is 12.5. The van der Waals surface area contributed by atoms with Crippen molar-refractivity contribution in [2.75, 3.05) is 18.5 Å². The van der Waals surface area contributed by atoms with Gasteiger partial charge in [0.2, 0.25) is 17.1 Å². The van der Waals surface area contributed by atoms with E-state index in [1.165, 1.54) is 6.33 Å². The van der Waals surface area contributed by atoms with Crippen LogP contribution in [0.2, 0.25) is 5.28 Å². The molecule has 0 aromatic carbocycles. The number of nitrogens with one attached hydrogen (secondary N) is 1. The predicted molar refractivity (Wildman–Crippen MR) is 62.5 cm³/mol. The molecule has 2 aromatic rings. The third kappa shape index (κ3) is 3.52. The van der Waals surface area contributed by atoms with Crippen LogP contribution >= 0.6 is 11.6 Å². The van der Waals surface area contributed by atoms with Crippen molar-refractivity contribution in [1.29, 1.82) is 0 Å². The Morgan fingerprint density at radius 3 is 3.00 bits per heavy atom. The van der Waals surface area contributed by atoms with Gasteiger partial charge in [-0.2, -0.15) is 19.9 Å². The molecule has 0 fully saturated rings. The largest absolute Gasteiger partial charge is 0.464 e. The smallest absolute Gasteiger partial charge is 0.322 e. The maximum Gasteiger partial charge on any atom is 0.322 e. The molecule has 0 atom stereocenters. The number of aromatic nitrogens is 5. The lowest BCUT2D eigenvalue weighted by Gasteiger charge is -2.05. The van der Waals surface area contributed by atoms with Gasteiger partial charge in [-0.25, -0.2) is 0 Å². The Bertz CT molecular complexity index is 492. The number of nitrogens with zero attached hydrogens (tertiary/aromatic N) is 5. The Balaban J connectivity index is 1.92. The maximum atomic E-state index is 5.74. The van der Waals surface area contributed by atoms with Crippen LogP contribution in [0.5, 0.6) is 6.01 Å². The lowest BCUT2D eigenvalue weighted by Crippen LogP contribution is -2.10. The first-order chi connectivity index (χ1) is 8.78. The van der Waals surface area contributed by atoms with E-state index in [2.05, 4.69) is 30.4 Å². The summed E-state index contributed by atoms with van der Waals surface area (Å²) in [5, 5.41) is 6.55. The van der Waals surface area contributed by atoms with Crippen molar-refractivity contribution in [3.63, 3.8) is 0 Å². The summed E-state index contributed by atoms with van der Waals surface area (Å²) in [7, 11) is 0. The fourth-order valence-electron chi connectivity index (χ4n) is 1.19. The molecule has 18 heavy (non-hydrogen) atoms. The van der Waals surface area contributed by atoms with Gasteiger partial charge < -0.3 is 14.6 Å². The van der Waals surface area contributed by atoms with Crippen molar-refractivity contribution in [2.24, 2.45) is 0 Å². The highest BCUT2D eigenvalue weighted by Gasteiger charge is 2.06. The quantitative estimate of drug-likeness (QED) is 0.829. The van der Waals surface area contributed by atoms with Crippen LogP contribution in [0, 0.1) is 0 Å². The fraction of sp³-hybridized carbons (Fsp3) is 0.444. The van der Waals surface area contributed by atoms with E-state index in [9.17, 15) is 0 Å². The fourth-order valence-corrected chi connectivity index (χ4v) is 1.34. The van der Waals surface area contributed by atoms with E-state index in [-0.39, 0.29) is 11.3 Å². The molecule has 0 aliphatic rings. The first-order valence-corrected chi connectivity index (χ1v) is 5.69. The van der Waals surface area contributed by atoms with Crippen LogP contribution in [0.15, 0.2) is 10.9 Å². The zero-order valence-corrected chi connectivity index (χ0v) is 10.4. The molecule has 96 valence electrons. The lowest BCUT2D eigenvalue weighted by molar-refractivity contribution is 0.312. The zero-order valence-electron chi connectivity index (χ0n) is 9.63.